The van der Waals surface area contributed by atoms with Crippen molar-refractivity contribution in [3.05, 3.63) is 35.9 Å². The first-order valence-corrected chi connectivity index (χ1v) is 8.67. The number of carbonyl (C=O) groups is 3. The van der Waals surface area contributed by atoms with E-state index in [0.29, 0.717) is 13.0 Å². The van der Waals surface area contributed by atoms with Gasteiger partial charge in [-0.05, 0) is 18.9 Å². The van der Waals surface area contributed by atoms with Crippen LogP contribution in [0.25, 0.3) is 0 Å². The molecule has 25 heavy (non-hydrogen) atoms. The number of esters is 1. The van der Waals surface area contributed by atoms with E-state index >= 15 is 0 Å². The molecular weight excluding hydrogens is 320 g/mol. The number of carbonyl (C=O) groups excluding carboxylic acids is 3. The molecule has 0 radical (unpaired) electrons. The highest BCUT2D eigenvalue weighted by Gasteiger charge is 2.37. The largest absolute Gasteiger partial charge is 0.469 e. The fourth-order valence-corrected chi connectivity index (χ4v) is 3.09. The molecule has 0 saturated carbocycles. The number of amides is 2. The summed E-state index contributed by atoms with van der Waals surface area (Å²) in [7, 11) is 1.33. The van der Waals surface area contributed by atoms with Gasteiger partial charge in [-0.2, -0.15) is 0 Å². The van der Waals surface area contributed by atoms with E-state index in [0.717, 1.165) is 5.56 Å². The predicted molar refractivity (Wildman–Crippen MR) is 93.5 cm³/mol. The summed E-state index contributed by atoms with van der Waals surface area (Å²) >= 11 is 0. The SMILES string of the molecule is CCC(CC(=O)OC)NC(=O)C1CC(=O)N(C(C)c2ccccc2)C1. The van der Waals surface area contributed by atoms with Gasteiger partial charge in [0, 0.05) is 19.0 Å². The fraction of sp³-hybridized carbons (Fsp3) is 0.526. The minimum atomic E-state index is -0.384. The quantitative estimate of drug-likeness (QED) is 0.767. The van der Waals surface area contributed by atoms with Gasteiger partial charge >= 0.3 is 5.97 Å². The lowest BCUT2D eigenvalue weighted by Crippen LogP contribution is -2.41. The molecule has 136 valence electrons. The molecule has 3 atom stereocenters. The van der Waals surface area contributed by atoms with E-state index in [9.17, 15) is 14.4 Å². The Balaban J connectivity index is 1.96. The van der Waals surface area contributed by atoms with Crippen LogP contribution in [0.2, 0.25) is 0 Å². The monoisotopic (exact) mass is 346 g/mol. The lowest BCUT2D eigenvalue weighted by molar-refractivity contribution is -0.141. The predicted octanol–water partition coefficient (Wildman–Crippen LogP) is 2.05. The molecule has 1 aromatic rings. The molecule has 1 fully saturated rings. The molecule has 0 aromatic heterocycles. The molecule has 1 heterocycles. The van der Waals surface area contributed by atoms with Gasteiger partial charge < -0.3 is 15.0 Å². The van der Waals surface area contributed by atoms with Gasteiger partial charge in [-0.25, -0.2) is 0 Å². The first-order chi connectivity index (χ1) is 12.0. The number of likely N-dealkylation sites (tertiary alicyclic amines) is 1. The molecule has 6 heteroatoms. The van der Waals surface area contributed by atoms with Crippen LogP contribution < -0.4 is 5.32 Å². The van der Waals surface area contributed by atoms with E-state index in [1.807, 2.05) is 44.2 Å². The molecule has 0 spiro atoms. The van der Waals surface area contributed by atoms with Gasteiger partial charge in [-0.15, -0.1) is 0 Å². The zero-order valence-electron chi connectivity index (χ0n) is 15.0. The van der Waals surface area contributed by atoms with Crippen molar-refractivity contribution in [3.8, 4) is 0 Å². The maximum atomic E-state index is 12.5. The van der Waals surface area contributed by atoms with Crippen molar-refractivity contribution in [1.82, 2.24) is 10.2 Å². The Morgan fingerprint density at radius 3 is 2.60 bits per heavy atom. The Morgan fingerprint density at radius 2 is 2.00 bits per heavy atom. The first-order valence-electron chi connectivity index (χ1n) is 8.67. The normalized spacial score (nSPS) is 19.4. The number of methoxy groups -OCH3 is 1. The topological polar surface area (TPSA) is 75.7 Å². The van der Waals surface area contributed by atoms with Crippen LogP contribution >= 0.6 is 0 Å². The number of nitrogens with one attached hydrogen (secondary N) is 1. The number of rotatable bonds is 7. The van der Waals surface area contributed by atoms with Gasteiger partial charge in [-0.3, -0.25) is 14.4 Å². The van der Waals surface area contributed by atoms with E-state index in [1.54, 1.807) is 4.90 Å². The highest BCUT2D eigenvalue weighted by molar-refractivity contribution is 5.89. The summed E-state index contributed by atoms with van der Waals surface area (Å²) in [5.41, 5.74) is 1.05. The summed E-state index contributed by atoms with van der Waals surface area (Å²) in [6, 6.07) is 9.44. The Bertz CT molecular complexity index is 617. The van der Waals surface area contributed by atoms with Crippen LogP contribution in [0.5, 0.6) is 0 Å². The summed E-state index contributed by atoms with van der Waals surface area (Å²) in [6.45, 7) is 4.27. The summed E-state index contributed by atoms with van der Waals surface area (Å²) in [6.07, 6.45) is 0.979. The average molecular weight is 346 g/mol. The minimum Gasteiger partial charge on any atom is -0.469 e. The fourth-order valence-electron chi connectivity index (χ4n) is 3.09. The van der Waals surface area contributed by atoms with Gasteiger partial charge in [-0.1, -0.05) is 37.3 Å². The van der Waals surface area contributed by atoms with Crippen molar-refractivity contribution in [1.29, 1.82) is 0 Å². The van der Waals surface area contributed by atoms with Crippen molar-refractivity contribution >= 4 is 17.8 Å². The van der Waals surface area contributed by atoms with Gasteiger partial charge in [0.05, 0.1) is 25.5 Å². The number of ether oxygens (including phenoxy) is 1. The van der Waals surface area contributed by atoms with Crippen molar-refractivity contribution in [3.63, 3.8) is 0 Å². The zero-order valence-corrected chi connectivity index (χ0v) is 15.0. The van der Waals surface area contributed by atoms with Gasteiger partial charge in [0.1, 0.15) is 0 Å². The smallest absolute Gasteiger partial charge is 0.307 e. The van der Waals surface area contributed by atoms with Gasteiger partial charge in [0.2, 0.25) is 11.8 Å². The first kappa shape index (κ1) is 19.0. The molecule has 6 nitrogen and oxygen atoms in total. The van der Waals surface area contributed by atoms with Crippen LogP contribution in [0.15, 0.2) is 30.3 Å². The molecule has 1 aliphatic heterocycles. The van der Waals surface area contributed by atoms with Crippen LogP contribution in [0, 0.1) is 5.92 Å². The zero-order chi connectivity index (χ0) is 18.4. The van der Waals surface area contributed by atoms with E-state index in [4.69, 9.17) is 0 Å². The number of hydrogen-bond donors (Lipinski definition) is 1. The molecule has 2 rings (SSSR count). The molecule has 1 aliphatic rings. The molecular formula is C19H26N2O4. The van der Waals surface area contributed by atoms with E-state index in [1.165, 1.54) is 7.11 Å². The van der Waals surface area contributed by atoms with Crippen molar-refractivity contribution in [2.45, 2.75) is 45.2 Å². The second kappa shape index (κ2) is 8.65. The van der Waals surface area contributed by atoms with Gasteiger partial charge in [0.15, 0.2) is 0 Å². The Hall–Kier alpha value is -2.37. The third-order valence-corrected chi connectivity index (χ3v) is 4.76. The summed E-state index contributed by atoms with van der Waals surface area (Å²) in [5, 5.41) is 2.87. The molecule has 3 unspecified atom stereocenters. The highest BCUT2D eigenvalue weighted by Crippen LogP contribution is 2.28. The van der Waals surface area contributed by atoms with Crippen LogP contribution in [0.1, 0.15) is 44.7 Å². The minimum absolute atomic E-state index is 0.0162. The molecule has 1 N–H and O–H groups in total. The third kappa shape index (κ3) is 4.81. The molecule has 0 bridgehead atoms. The Kier molecular flexibility index (Phi) is 6.56. The molecule has 1 saturated heterocycles. The van der Waals surface area contributed by atoms with Crippen LogP contribution in [0.4, 0.5) is 0 Å². The summed E-state index contributed by atoms with van der Waals surface area (Å²) in [5.74, 6) is -0.927. The standard InChI is InChI=1S/C19H26N2O4/c1-4-16(11-18(23)25-3)20-19(24)15-10-17(22)21(12-15)13(2)14-8-6-5-7-9-14/h5-9,13,15-16H,4,10-12H2,1-3H3,(H,20,24). The Labute approximate surface area is 148 Å². The highest BCUT2D eigenvalue weighted by atomic mass is 16.5. The lowest BCUT2D eigenvalue weighted by Gasteiger charge is -2.25. The number of nitrogens with zero attached hydrogens (tertiary/aromatic N) is 1. The maximum absolute atomic E-state index is 12.5. The third-order valence-electron chi connectivity index (χ3n) is 4.76. The average Bonchev–Trinajstić information content (AvgIpc) is 3.02. The van der Waals surface area contributed by atoms with E-state index in [2.05, 4.69) is 10.1 Å². The Morgan fingerprint density at radius 1 is 1.32 bits per heavy atom. The van der Waals surface area contributed by atoms with Gasteiger partial charge in [0.25, 0.3) is 0 Å². The summed E-state index contributed by atoms with van der Waals surface area (Å²) in [4.78, 5) is 38.0. The number of benzene rings is 1. The lowest BCUT2D eigenvalue weighted by atomic mass is 10.1. The summed E-state index contributed by atoms with van der Waals surface area (Å²) < 4.78 is 4.65. The second-order valence-corrected chi connectivity index (χ2v) is 6.43. The number of hydrogen-bond acceptors (Lipinski definition) is 4. The van der Waals surface area contributed by atoms with Crippen LogP contribution in [-0.2, 0) is 19.1 Å². The van der Waals surface area contributed by atoms with E-state index in [-0.39, 0.29) is 48.6 Å². The molecule has 0 aliphatic carbocycles. The van der Waals surface area contributed by atoms with Crippen LogP contribution in [0.3, 0.4) is 0 Å². The molecule has 1 aromatic carbocycles. The van der Waals surface area contributed by atoms with Crippen molar-refractivity contribution in [2.75, 3.05) is 13.7 Å². The van der Waals surface area contributed by atoms with Crippen LogP contribution in [-0.4, -0.2) is 42.4 Å². The molecule has 2 amide bonds. The van der Waals surface area contributed by atoms with E-state index < -0.39 is 0 Å². The maximum Gasteiger partial charge on any atom is 0.307 e. The van der Waals surface area contributed by atoms with Crippen molar-refractivity contribution in [2.24, 2.45) is 5.92 Å². The second-order valence-electron chi connectivity index (χ2n) is 6.43. The van der Waals surface area contributed by atoms with Crippen molar-refractivity contribution < 1.29 is 19.1 Å².